The number of benzene rings is 1. The molecule has 0 spiro atoms. The van der Waals surface area contributed by atoms with Crippen LogP contribution in [0.4, 0.5) is 0 Å². The van der Waals surface area contributed by atoms with E-state index in [4.69, 9.17) is 4.74 Å². The largest absolute Gasteiger partial charge is 0.451 e. The summed E-state index contributed by atoms with van der Waals surface area (Å²) in [6.07, 6.45) is 2.08. The van der Waals surface area contributed by atoms with Crippen LogP contribution in [0.5, 0.6) is 0 Å². The Balaban J connectivity index is 1.84. The molecule has 2 aromatic heterocycles. The van der Waals surface area contributed by atoms with Crippen molar-refractivity contribution in [2.24, 2.45) is 0 Å². The predicted molar refractivity (Wildman–Crippen MR) is 94.2 cm³/mol. The first-order chi connectivity index (χ1) is 11.5. The van der Waals surface area contributed by atoms with E-state index in [9.17, 15) is 9.59 Å². The van der Waals surface area contributed by atoms with Gasteiger partial charge in [-0.25, -0.2) is 4.79 Å². The molecule has 0 radical (unpaired) electrons. The normalized spacial score (nSPS) is 12.1. The van der Waals surface area contributed by atoms with E-state index < -0.39 is 12.1 Å². The monoisotopic (exact) mass is 386 g/mol. The van der Waals surface area contributed by atoms with Crippen LogP contribution in [0.2, 0.25) is 0 Å². The summed E-state index contributed by atoms with van der Waals surface area (Å²) < 4.78 is 5.99. The van der Waals surface area contributed by atoms with Gasteiger partial charge in [0.25, 0.3) is 0 Å². The number of aryl methyl sites for hydroxylation is 1. The first-order valence-corrected chi connectivity index (χ1v) is 8.19. The Morgan fingerprint density at radius 2 is 2.00 bits per heavy atom. The van der Waals surface area contributed by atoms with E-state index in [1.807, 2.05) is 31.2 Å². The van der Waals surface area contributed by atoms with Crippen molar-refractivity contribution in [2.75, 3.05) is 0 Å². The number of aromatic nitrogens is 2. The van der Waals surface area contributed by atoms with Gasteiger partial charge in [0.1, 0.15) is 0 Å². The van der Waals surface area contributed by atoms with Crippen LogP contribution in [-0.4, -0.2) is 27.8 Å². The van der Waals surface area contributed by atoms with Crippen LogP contribution < -0.4 is 0 Å². The van der Waals surface area contributed by atoms with Gasteiger partial charge in [-0.1, -0.05) is 18.2 Å². The predicted octanol–water partition coefficient (Wildman–Crippen LogP) is 4.06. The number of ether oxygens (including phenoxy) is 1. The maximum Gasteiger partial charge on any atom is 0.340 e. The second kappa shape index (κ2) is 6.57. The van der Waals surface area contributed by atoms with Crippen molar-refractivity contribution in [1.29, 1.82) is 0 Å². The molecular formula is C18H15BrN2O3. The minimum Gasteiger partial charge on any atom is -0.451 e. The summed E-state index contributed by atoms with van der Waals surface area (Å²) in [5.74, 6) is -0.816. The SMILES string of the molecule is Cc1[nH]c2ccccc2c1C(=O)[C@H](C)OC(=O)c1cncc(Br)c1. The third-order valence-electron chi connectivity index (χ3n) is 3.73. The van der Waals surface area contributed by atoms with E-state index in [0.29, 0.717) is 15.6 Å². The fourth-order valence-electron chi connectivity index (χ4n) is 2.60. The maximum atomic E-state index is 12.8. The molecule has 0 saturated carbocycles. The molecule has 3 rings (SSSR count). The van der Waals surface area contributed by atoms with Crippen molar-refractivity contribution in [3.8, 4) is 0 Å². The van der Waals surface area contributed by atoms with Gasteiger partial charge in [-0.2, -0.15) is 0 Å². The van der Waals surface area contributed by atoms with Crippen LogP contribution in [-0.2, 0) is 4.74 Å². The number of esters is 1. The molecule has 0 saturated heterocycles. The van der Waals surface area contributed by atoms with Gasteiger partial charge in [0, 0.05) is 39.0 Å². The number of rotatable bonds is 4. The molecule has 0 amide bonds. The number of halogens is 1. The quantitative estimate of drug-likeness (QED) is 0.541. The molecule has 0 fully saturated rings. The number of fused-ring (bicyclic) bond motifs is 1. The fraction of sp³-hybridized carbons (Fsp3) is 0.167. The zero-order valence-electron chi connectivity index (χ0n) is 13.2. The van der Waals surface area contributed by atoms with Gasteiger partial charge in [-0.3, -0.25) is 9.78 Å². The van der Waals surface area contributed by atoms with Crippen molar-refractivity contribution in [2.45, 2.75) is 20.0 Å². The molecule has 2 heterocycles. The van der Waals surface area contributed by atoms with E-state index in [1.165, 1.54) is 6.20 Å². The molecular weight excluding hydrogens is 372 g/mol. The summed E-state index contributed by atoms with van der Waals surface area (Å²) in [6.45, 7) is 3.41. The van der Waals surface area contributed by atoms with Crippen LogP contribution in [0.15, 0.2) is 47.2 Å². The third-order valence-corrected chi connectivity index (χ3v) is 4.17. The van der Waals surface area contributed by atoms with Gasteiger partial charge in [-0.15, -0.1) is 0 Å². The molecule has 1 aromatic carbocycles. The average Bonchev–Trinajstić information content (AvgIpc) is 2.89. The highest BCUT2D eigenvalue weighted by molar-refractivity contribution is 9.10. The van der Waals surface area contributed by atoms with E-state index in [2.05, 4.69) is 25.9 Å². The topological polar surface area (TPSA) is 72.1 Å². The van der Waals surface area contributed by atoms with Crippen molar-refractivity contribution < 1.29 is 14.3 Å². The lowest BCUT2D eigenvalue weighted by Gasteiger charge is -2.12. The summed E-state index contributed by atoms with van der Waals surface area (Å²) in [7, 11) is 0. The summed E-state index contributed by atoms with van der Waals surface area (Å²) in [5, 5.41) is 0.826. The Hall–Kier alpha value is -2.47. The fourth-order valence-corrected chi connectivity index (χ4v) is 2.97. The zero-order chi connectivity index (χ0) is 17.3. The Morgan fingerprint density at radius 1 is 1.25 bits per heavy atom. The molecule has 0 unspecified atom stereocenters. The maximum absolute atomic E-state index is 12.8. The third kappa shape index (κ3) is 3.10. The number of ketones is 1. The number of pyridine rings is 1. The van der Waals surface area contributed by atoms with Crippen molar-refractivity contribution in [3.05, 3.63) is 64.0 Å². The smallest absolute Gasteiger partial charge is 0.340 e. The van der Waals surface area contributed by atoms with Crippen LogP contribution in [0.25, 0.3) is 10.9 Å². The lowest BCUT2D eigenvalue weighted by Crippen LogP contribution is -2.25. The Bertz CT molecular complexity index is 933. The molecule has 6 heteroatoms. The van der Waals surface area contributed by atoms with Crippen LogP contribution in [0.3, 0.4) is 0 Å². The Morgan fingerprint density at radius 3 is 2.75 bits per heavy atom. The highest BCUT2D eigenvalue weighted by Gasteiger charge is 2.25. The molecule has 1 atom stereocenters. The van der Waals surface area contributed by atoms with Crippen LogP contribution >= 0.6 is 15.9 Å². The number of hydrogen-bond acceptors (Lipinski definition) is 4. The molecule has 0 bridgehead atoms. The molecule has 24 heavy (non-hydrogen) atoms. The summed E-state index contributed by atoms with van der Waals surface area (Å²) in [6, 6.07) is 9.15. The molecule has 0 aliphatic carbocycles. The zero-order valence-corrected chi connectivity index (χ0v) is 14.8. The molecule has 5 nitrogen and oxygen atoms in total. The number of nitrogens with zero attached hydrogens (tertiary/aromatic N) is 1. The number of H-pyrrole nitrogens is 1. The minimum absolute atomic E-state index is 0.235. The van der Waals surface area contributed by atoms with Gasteiger partial charge in [0.15, 0.2) is 6.10 Å². The molecule has 3 aromatic rings. The number of carbonyl (C=O) groups excluding carboxylic acids is 2. The highest BCUT2D eigenvalue weighted by Crippen LogP contribution is 2.24. The Kier molecular flexibility index (Phi) is 4.49. The number of aromatic amines is 1. The number of hydrogen-bond donors (Lipinski definition) is 1. The Labute approximate surface area is 147 Å². The number of carbonyl (C=O) groups is 2. The molecule has 0 aliphatic heterocycles. The van der Waals surface area contributed by atoms with Crippen LogP contribution in [0.1, 0.15) is 33.3 Å². The first kappa shape index (κ1) is 16.4. The van der Waals surface area contributed by atoms with E-state index in [1.54, 1.807) is 19.2 Å². The lowest BCUT2D eigenvalue weighted by molar-refractivity contribution is 0.0318. The van der Waals surface area contributed by atoms with Gasteiger partial charge in [0.05, 0.1) is 5.56 Å². The summed E-state index contributed by atoms with van der Waals surface area (Å²) in [4.78, 5) is 32.0. The number of nitrogens with one attached hydrogen (secondary N) is 1. The second-order valence-electron chi connectivity index (χ2n) is 5.47. The molecule has 1 N–H and O–H groups in total. The first-order valence-electron chi connectivity index (χ1n) is 7.40. The van der Waals surface area contributed by atoms with Gasteiger partial charge >= 0.3 is 5.97 Å². The van der Waals surface area contributed by atoms with Crippen molar-refractivity contribution >= 4 is 38.6 Å². The number of Topliss-reactive ketones (excluding diaryl/α,β-unsaturated/α-hetero) is 1. The average molecular weight is 387 g/mol. The van der Waals surface area contributed by atoms with E-state index in [0.717, 1.165) is 16.6 Å². The summed E-state index contributed by atoms with van der Waals surface area (Å²) >= 11 is 3.25. The standard InChI is InChI=1S/C18H15BrN2O3/c1-10-16(14-5-3-4-6-15(14)21-10)17(22)11(2)24-18(23)12-7-13(19)9-20-8-12/h3-9,11,21H,1-2H3/t11-/m0/s1. The van der Waals surface area contributed by atoms with Gasteiger partial charge in [0.2, 0.25) is 5.78 Å². The van der Waals surface area contributed by atoms with Gasteiger partial charge in [-0.05, 0) is 41.9 Å². The van der Waals surface area contributed by atoms with Crippen molar-refractivity contribution in [3.63, 3.8) is 0 Å². The van der Waals surface area contributed by atoms with Crippen molar-refractivity contribution in [1.82, 2.24) is 9.97 Å². The van der Waals surface area contributed by atoms with Crippen LogP contribution in [0, 0.1) is 6.92 Å². The highest BCUT2D eigenvalue weighted by atomic mass is 79.9. The van der Waals surface area contributed by atoms with E-state index >= 15 is 0 Å². The molecule has 0 aliphatic rings. The minimum atomic E-state index is -0.894. The summed E-state index contributed by atoms with van der Waals surface area (Å²) in [5.41, 5.74) is 2.49. The van der Waals surface area contributed by atoms with E-state index in [-0.39, 0.29) is 5.78 Å². The van der Waals surface area contributed by atoms with Gasteiger partial charge < -0.3 is 9.72 Å². The second-order valence-corrected chi connectivity index (χ2v) is 6.39. The molecule has 122 valence electrons. The lowest BCUT2D eigenvalue weighted by atomic mass is 10.0. The number of para-hydroxylation sites is 1.